The van der Waals surface area contributed by atoms with Crippen molar-refractivity contribution < 1.29 is 19.4 Å². The van der Waals surface area contributed by atoms with Crippen LogP contribution in [0, 0.1) is 6.92 Å². The zero-order valence-electron chi connectivity index (χ0n) is 13.0. The van der Waals surface area contributed by atoms with E-state index in [1.165, 1.54) is 0 Å². The van der Waals surface area contributed by atoms with Gasteiger partial charge in [0.1, 0.15) is 10.7 Å². The van der Waals surface area contributed by atoms with Crippen molar-refractivity contribution in [2.24, 2.45) is 0 Å². The fourth-order valence-corrected chi connectivity index (χ4v) is 2.56. The molecule has 2 N–H and O–H groups in total. The van der Waals surface area contributed by atoms with Crippen LogP contribution in [0.2, 0.25) is 0 Å². The lowest BCUT2D eigenvalue weighted by Crippen LogP contribution is -1.98. The number of hydrogen-bond donors (Lipinski definition) is 2. The van der Waals surface area contributed by atoms with E-state index in [0.29, 0.717) is 34.7 Å². The van der Waals surface area contributed by atoms with Gasteiger partial charge in [0, 0.05) is 0 Å². The summed E-state index contributed by atoms with van der Waals surface area (Å²) in [5, 5.41) is 16.3. The molecule has 8 heteroatoms. The summed E-state index contributed by atoms with van der Waals surface area (Å²) in [6.07, 6.45) is 1.54. The summed E-state index contributed by atoms with van der Waals surface area (Å²) in [5.41, 5.74) is 0.686. The molecule has 23 heavy (non-hydrogen) atoms. The average molecular weight is 335 g/mol. The Balaban J connectivity index is 2.31. The molecule has 0 saturated heterocycles. The molecule has 0 unspecified atom stereocenters. The van der Waals surface area contributed by atoms with Gasteiger partial charge in [-0.15, -0.1) is 5.10 Å². The van der Waals surface area contributed by atoms with Crippen LogP contribution in [0.3, 0.4) is 0 Å². The molecule has 0 aliphatic heterocycles. The number of aryl methyl sites for hydroxylation is 1. The van der Waals surface area contributed by atoms with E-state index in [2.05, 4.69) is 15.2 Å². The number of hydrogen-bond acceptors (Lipinski definition) is 6. The summed E-state index contributed by atoms with van der Waals surface area (Å²) in [6.45, 7) is 4.10. The Hall–Kier alpha value is -2.48. The van der Waals surface area contributed by atoms with Gasteiger partial charge in [-0.2, -0.15) is 0 Å². The first kappa shape index (κ1) is 16.9. The van der Waals surface area contributed by atoms with Crippen molar-refractivity contribution in [3.8, 4) is 11.5 Å². The summed E-state index contributed by atoms with van der Waals surface area (Å²) in [4.78, 5) is 15.6. The van der Waals surface area contributed by atoms with E-state index in [-0.39, 0.29) is 4.91 Å². The smallest absolute Gasteiger partial charge is 0.342 e. The van der Waals surface area contributed by atoms with Crippen LogP contribution in [-0.4, -0.2) is 40.0 Å². The Kier molecular flexibility index (Phi) is 5.64. The van der Waals surface area contributed by atoms with Crippen molar-refractivity contribution in [3.63, 3.8) is 0 Å². The molecule has 2 rings (SSSR count). The third-order valence-electron chi connectivity index (χ3n) is 2.77. The fourth-order valence-electron chi connectivity index (χ4n) is 1.80. The van der Waals surface area contributed by atoms with Gasteiger partial charge in [-0.05, 0) is 49.4 Å². The van der Waals surface area contributed by atoms with Gasteiger partial charge in [-0.1, -0.05) is 6.07 Å². The highest BCUT2D eigenvalue weighted by atomic mass is 32.2. The van der Waals surface area contributed by atoms with Crippen molar-refractivity contribution in [3.05, 3.63) is 34.5 Å². The highest BCUT2D eigenvalue weighted by Gasteiger charge is 2.14. The summed E-state index contributed by atoms with van der Waals surface area (Å²) in [5.74, 6) is 0.733. The molecule has 1 heterocycles. The maximum Gasteiger partial charge on any atom is 0.342 e. The number of carboxylic acid groups (broad SMARTS) is 1. The Bertz CT molecular complexity index is 727. The first-order valence-electron chi connectivity index (χ1n) is 6.86. The number of rotatable bonds is 7. The normalized spacial score (nSPS) is 11.3. The van der Waals surface area contributed by atoms with Crippen molar-refractivity contribution in [2.75, 3.05) is 13.7 Å². The Morgan fingerprint density at radius 1 is 1.43 bits per heavy atom. The molecule has 0 atom stereocenters. The van der Waals surface area contributed by atoms with E-state index in [1.54, 1.807) is 38.3 Å². The molecule has 7 nitrogen and oxygen atoms in total. The van der Waals surface area contributed by atoms with Crippen LogP contribution in [0.5, 0.6) is 11.5 Å². The number of ether oxygens (including phenoxy) is 2. The molecule has 0 aliphatic carbocycles. The monoisotopic (exact) mass is 335 g/mol. The Labute approximate surface area is 137 Å². The standard InChI is InChI=1S/C15H17N3O4S/c1-4-22-12-7-10(5-6-11(12)21-3)8-13(14(19)20)23-15-16-9(2)17-18-15/h5-8H,4H2,1-3H3,(H,19,20)(H,16,17,18)/b13-8+. The van der Waals surface area contributed by atoms with E-state index in [1.807, 2.05) is 6.92 Å². The van der Waals surface area contributed by atoms with Gasteiger partial charge < -0.3 is 14.6 Å². The van der Waals surface area contributed by atoms with Crippen LogP contribution in [0.25, 0.3) is 6.08 Å². The minimum atomic E-state index is -1.05. The topological polar surface area (TPSA) is 97.3 Å². The number of H-pyrrole nitrogens is 1. The van der Waals surface area contributed by atoms with Crippen LogP contribution in [0.15, 0.2) is 28.3 Å². The highest BCUT2D eigenvalue weighted by Crippen LogP contribution is 2.31. The van der Waals surface area contributed by atoms with Gasteiger partial charge in [0.05, 0.1) is 13.7 Å². The summed E-state index contributed by atoms with van der Waals surface area (Å²) >= 11 is 0.978. The second-order valence-electron chi connectivity index (χ2n) is 4.46. The van der Waals surface area contributed by atoms with E-state index in [9.17, 15) is 9.90 Å². The number of carbonyl (C=O) groups is 1. The lowest BCUT2D eigenvalue weighted by Gasteiger charge is -2.10. The molecule has 0 fully saturated rings. The maximum atomic E-state index is 11.4. The van der Waals surface area contributed by atoms with Crippen molar-refractivity contribution >= 4 is 23.8 Å². The molecule has 1 aromatic carbocycles. The third kappa shape index (κ3) is 4.49. The number of benzene rings is 1. The van der Waals surface area contributed by atoms with Gasteiger partial charge in [-0.3, -0.25) is 5.10 Å². The second kappa shape index (κ2) is 7.68. The van der Waals surface area contributed by atoms with Crippen LogP contribution in [0.1, 0.15) is 18.3 Å². The van der Waals surface area contributed by atoms with Gasteiger partial charge in [0.25, 0.3) is 0 Å². The summed E-state index contributed by atoms with van der Waals surface area (Å²) in [6, 6.07) is 5.22. The lowest BCUT2D eigenvalue weighted by molar-refractivity contribution is -0.131. The van der Waals surface area contributed by atoms with Crippen molar-refractivity contribution in [1.29, 1.82) is 0 Å². The van der Waals surface area contributed by atoms with Crippen LogP contribution >= 0.6 is 11.8 Å². The quantitative estimate of drug-likeness (QED) is 0.593. The largest absolute Gasteiger partial charge is 0.493 e. The van der Waals surface area contributed by atoms with Gasteiger partial charge in [0.2, 0.25) is 5.16 Å². The van der Waals surface area contributed by atoms with Crippen LogP contribution < -0.4 is 9.47 Å². The van der Waals surface area contributed by atoms with Crippen LogP contribution in [0.4, 0.5) is 0 Å². The predicted molar refractivity (Wildman–Crippen MR) is 86.8 cm³/mol. The molecule has 1 aromatic heterocycles. The average Bonchev–Trinajstić information content (AvgIpc) is 2.92. The fraction of sp³-hybridized carbons (Fsp3) is 0.267. The molecule has 0 aliphatic rings. The number of methoxy groups -OCH3 is 1. The SMILES string of the molecule is CCOc1cc(/C=C(/Sc2n[nH]c(C)n2)C(=O)O)ccc1OC. The molecule has 0 saturated carbocycles. The van der Waals surface area contributed by atoms with Crippen LogP contribution in [-0.2, 0) is 4.79 Å². The number of aliphatic carboxylic acids is 1. The highest BCUT2D eigenvalue weighted by molar-refractivity contribution is 8.04. The molecular weight excluding hydrogens is 318 g/mol. The van der Waals surface area contributed by atoms with E-state index >= 15 is 0 Å². The third-order valence-corrected chi connectivity index (χ3v) is 3.65. The van der Waals surface area contributed by atoms with Gasteiger partial charge in [-0.25, -0.2) is 9.78 Å². The number of carboxylic acids is 1. The number of aromatic nitrogens is 3. The Morgan fingerprint density at radius 3 is 2.78 bits per heavy atom. The van der Waals surface area contributed by atoms with Gasteiger partial charge in [0.15, 0.2) is 11.5 Å². The molecule has 0 radical (unpaired) electrons. The predicted octanol–water partition coefficient (Wildman–Crippen LogP) is 2.74. The second-order valence-corrected chi connectivity index (χ2v) is 5.47. The lowest BCUT2D eigenvalue weighted by atomic mass is 10.2. The maximum absolute atomic E-state index is 11.4. The molecule has 0 spiro atoms. The first-order chi connectivity index (χ1) is 11.0. The molecule has 0 amide bonds. The minimum Gasteiger partial charge on any atom is -0.493 e. The van der Waals surface area contributed by atoms with E-state index < -0.39 is 5.97 Å². The molecular formula is C15H17N3O4S. The minimum absolute atomic E-state index is 0.108. The number of aromatic amines is 1. The number of thioether (sulfide) groups is 1. The van der Waals surface area contributed by atoms with Crippen molar-refractivity contribution in [1.82, 2.24) is 15.2 Å². The number of nitrogens with zero attached hydrogens (tertiary/aromatic N) is 2. The van der Waals surface area contributed by atoms with E-state index in [4.69, 9.17) is 9.47 Å². The molecule has 0 bridgehead atoms. The molecule has 122 valence electrons. The first-order valence-corrected chi connectivity index (χ1v) is 7.67. The summed E-state index contributed by atoms with van der Waals surface area (Å²) < 4.78 is 10.7. The molecule has 2 aromatic rings. The van der Waals surface area contributed by atoms with Crippen molar-refractivity contribution in [2.45, 2.75) is 19.0 Å². The zero-order valence-corrected chi connectivity index (χ0v) is 13.8. The zero-order chi connectivity index (χ0) is 16.8. The van der Waals surface area contributed by atoms with Gasteiger partial charge >= 0.3 is 5.97 Å². The Morgan fingerprint density at radius 2 is 2.22 bits per heavy atom. The van der Waals surface area contributed by atoms with E-state index in [0.717, 1.165) is 11.8 Å². The number of nitrogens with one attached hydrogen (secondary N) is 1. The summed E-state index contributed by atoms with van der Waals surface area (Å²) in [7, 11) is 1.55.